The summed E-state index contributed by atoms with van der Waals surface area (Å²) in [6, 6.07) is 7.53. The van der Waals surface area contributed by atoms with E-state index in [2.05, 4.69) is 0 Å². The molecule has 1 amide bonds. The summed E-state index contributed by atoms with van der Waals surface area (Å²) in [4.78, 5) is 37.0. The number of benzene rings is 1. The van der Waals surface area contributed by atoms with E-state index in [0.717, 1.165) is 10.9 Å². The zero-order valence-corrected chi connectivity index (χ0v) is 13.6. The van der Waals surface area contributed by atoms with Crippen molar-refractivity contribution in [2.75, 3.05) is 13.1 Å². The van der Waals surface area contributed by atoms with Gasteiger partial charge in [0.1, 0.15) is 6.54 Å². The van der Waals surface area contributed by atoms with Gasteiger partial charge in [0.2, 0.25) is 5.91 Å². The minimum absolute atomic E-state index is 0.0281. The maximum absolute atomic E-state index is 12.5. The Morgan fingerprint density at radius 2 is 1.83 bits per heavy atom. The largest absolute Gasteiger partial charge is 0.481 e. The molecule has 1 aliphatic heterocycles. The summed E-state index contributed by atoms with van der Waals surface area (Å²) in [5.41, 5.74) is 1.47. The minimum atomic E-state index is -0.787. The molecule has 0 aliphatic carbocycles. The van der Waals surface area contributed by atoms with Gasteiger partial charge in [-0.3, -0.25) is 14.4 Å². The van der Waals surface area contributed by atoms with Crippen LogP contribution < -0.4 is 0 Å². The van der Waals surface area contributed by atoms with Gasteiger partial charge in [-0.15, -0.1) is 0 Å². The molecule has 0 radical (unpaired) electrons. The predicted molar refractivity (Wildman–Crippen MR) is 88.9 cm³/mol. The first-order valence-electron chi connectivity index (χ1n) is 8.06. The molecule has 6 heteroatoms. The molecule has 3 rings (SSSR count). The van der Waals surface area contributed by atoms with E-state index in [0.29, 0.717) is 31.5 Å². The van der Waals surface area contributed by atoms with E-state index in [-0.39, 0.29) is 24.2 Å². The SMILES string of the molecule is CC(=O)c1cn(CC(=O)N2CCC(C(=O)O)CC2)c2ccccc12. The molecule has 2 heterocycles. The third-order valence-electron chi connectivity index (χ3n) is 4.67. The fraction of sp³-hybridized carbons (Fsp3) is 0.389. The lowest BCUT2D eigenvalue weighted by Gasteiger charge is -2.30. The molecule has 0 spiro atoms. The Labute approximate surface area is 139 Å². The molecule has 0 unspecified atom stereocenters. The molecule has 1 saturated heterocycles. The van der Waals surface area contributed by atoms with Crippen molar-refractivity contribution in [2.24, 2.45) is 5.92 Å². The van der Waals surface area contributed by atoms with E-state index < -0.39 is 5.97 Å². The van der Waals surface area contributed by atoms with Gasteiger partial charge in [-0.2, -0.15) is 0 Å². The van der Waals surface area contributed by atoms with Crippen LogP contribution in [0.4, 0.5) is 0 Å². The molecule has 1 aromatic carbocycles. The number of fused-ring (bicyclic) bond motifs is 1. The number of amides is 1. The van der Waals surface area contributed by atoms with Crippen LogP contribution in [0.5, 0.6) is 0 Å². The number of para-hydroxylation sites is 1. The number of piperidine rings is 1. The molecule has 24 heavy (non-hydrogen) atoms. The lowest BCUT2D eigenvalue weighted by atomic mass is 9.97. The summed E-state index contributed by atoms with van der Waals surface area (Å²) in [6.45, 7) is 2.61. The van der Waals surface area contributed by atoms with Crippen molar-refractivity contribution in [3.8, 4) is 0 Å². The van der Waals surface area contributed by atoms with Crippen molar-refractivity contribution >= 4 is 28.6 Å². The molecular weight excluding hydrogens is 308 g/mol. The van der Waals surface area contributed by atoms with Crippen LogP contribution in [0, 0.1) is 5.92 Å². The van der Waals surface area contributed by atoms with Gasteiger partial charge in [0.15, 0.2) is 5.78 Å². The molecule has 126 valence electrons. The number of carbonyl (C=O) groups excluding carboxylic acids is 2. The quantitative estimate of drug-likeness (QED) is 0.872. The molecule has 1 N–H and O–H groups in total. The first kappa shape index (κ1) is 16.2. The van der Waals surface area contributed by atoms with Gasteiger partial charge in [-0.1, -0.05) is 18.2 Å². The van der Waals surface area contributed by atoms with Crippen molar-refractivity contribution in [3.05, 3.63) is 36.0 Å². The van der Waals surface area contributed by atoms with E-state index in [1.807, 2.05) is 24.3 Å². The average molecular weight is 328 g/mol. The standard InChI is InChI=1S/C18H20N2O4/c1-12(21)15-10-20(16-5-3-2-4-14(15)16)11-17(22)19-8-6-13(7-9-19)18(23)24/h2-5,10,13H,6-9,11H2,1H3,(H,23,24). The Kier molecular flexibility index (Phi) is 4.38. The van der Waals surface area contributed by atoms with Gasteiger partial charge < -0.3 is 14.6 Å². The lowest BCUT2D eigenvalue weighted by Crippen LogP contribution is -2.41. The van der Waals surface area contributed by atoms with E-state index in [1.165, 1.54) is 6.92 Å². The van der Waals surface area contributed by atoms with Gasteiger partial charge in [-0.05, 0) is 25.8 Å². The van der Waals surface area contributed by atoms with Crippen LogP contribution in [0.2, 0.25) is 0 Å². The average Bonchev–Trinajstić information content (AvgIpc) is 2.94. The zero-order chi connectivity index (χ0) is 17.3. The highest BCUT2D eigenvalue weighted by Crippen LogP contribution is 2.23. The molecule has 1 aromatic heterocycles. The normalized spacial score (nSPS) is 15.6. The van der Waals surface area contributed by atoms with Gasteiger partial charge in [0, 0.05) is 35.8 Å². The first-order chi connectivity index (χ1) is 11.5. The van der Waals surface area contributed by atoms with Crippen LogP contribution in [-0.4, -0.2) is 45.3 Å². The molecule has 1 aliphatic rings. The van der Waals surface area contributed by atoms with Crippen LogP contribution in [0.25, 0.3) is 10.9 Å². The second-order valence-electron chi connectivity index (χ2n) is 6.24. The summed E-state index contributed by atoms with van der Waals surface area (Å²) >= 11 is 0. The fourth-order valence-corrected chi connectivity index (χ4v) is 3.28. The maximum atomic E-state index is 12.5. The van der Waals surface area contributed by atoms with Crippen LogP contribution in [-0.2, 0) is 16.1 Å². The number of ketones is 1. The van der Waals surface area contributed by atoms with Crippen LogP contribution in [0.1, 0.15) is 30.1 Å². The number of hydrogen-bond acceptors (Lipinski definition) is 3. The highest BCUT2D eigenvalue weighted by atomic mass is 16.4. The van der Waals surface area contributed by atoms with E-state index in [9.17, 15) is 14.4 Å². The number of carboxylic acids is 1. The third kappa shape index (κ3) is 3.04. The summed E-state index contributed by atoms with van der Waals surface area (Å²) < 4.78 is 1.80. The first-order valence-corrected chi connectivity index (χ1v) is 8.06. The van der Waals surface area contributed by atoms with Crippen molar-refractivity contribution in [2.45, 2.75) is 26.3 Å². The second kappa shape index (κ2) is 6.47. The number of likely N-dealkylation sites (tertiary alicyclic amines) is 1. The number of Topliss-reactive ketones (excluding diaryl/α,β-unsaturated/α-hetero) is 1. The summed E-state index contributed by atoms with van der Waals surface area (Å²) in [7, 11) is 0. The Bertz CT molecular complexity index is 800. The Morgan fingerprint density at radius 1 is 1.17 bits per heavy atom. The topological polar surface area (TPSA) is 79.6 Å². The minimum Gasteiger partial charge on any atom is -0.481 e. The molecule has 0 bridgehead atoms. The Morgan fingerprint density at radius 3 is 2.46 bits per heavy atom. The van der Waals surface area contributed by atoms with Crippen molar-refractivity contribution in [1.82, 2.24) is 9.47 Å². The number of rotatable bonds is 4. The van der Waals surface area contributed by atoms with Crippen molar-refractivity contribution in [1.29, 1.82) is 0 Å². The number of hydrogen-bond donors (Lipinski definition) is 1. The molecular formula is C18H20N2O4. The molecule has 1 fully saturated rings. The van der Waals surface area contributed by atoms with Crippen molar-refractivity contribution < 1.29 is 19.5 Å². The summed E-state index contributed by atoms with van der Waals surface area (Å²) in [5.74, 6) is -1.22. The highest BCUT2D eigenvalue weighted by Gasteiger charge is 2.27. The number of nitrogens with zero attached hydrogens (tertiary/aromatic N) is 2. The van der Waals surface area contributed by atoms with Crippen LogP contribution >= 0.6 is 0 Å². The molecule has 0 atom stereocenters. The monoisotopic (exact) mass is 328 g/mol. The number of aliphatic carboxylic acids is 1. The lowest BCUT2D eigenvalue weighted by molar-refractivity contribution is -0.145. The number of aromatic nitrogens is 1. The van der Waals surface area contributed by atoms with Crippen molar-refractivity contribution in [3.63, 3.8) is 0 Å². The van der Waals surface area contributed by atoms with E-state index in [4.69, 9.17) is 5.11 Å². The van der Waals surface area contributed by atoms with Gasteiger partial charge in [0.25, 0.3) is 0 Å². The third-order valence-corrected chi connectivity index (χ3v) is 4.67. The van der Waals surface area contributed by atoms with E-state index >= 15 is 0 Å². The summed E-state index contributed by atoms with van der Waals surface area (Å²) in [6.07, 6.45) is 2.72. The maximum Gasteiger partial charge on any atom is 0.306 e. The van der Waals surface area contributed by atoms with Crippen LogP contribution in [0.15, 0.2) is 30.5 Å². The van der Waals surface area contributed by atoms with Gasteiger partial charge in [0.05, 0.1) is 5.92 Å². The number of carbonyl (C=O) groups is 3. The van der Waals surface area contributed by atoms with Gasteiger partial charge >= 0.3 is 5.97 Å². The number of carboxylic acid groups (broad SMARTS) is 1. The highest BCUT2D eigenvalue weighted by molar-refractivity contribution is 6.07. The molecule has 0 saturated carbocycles. The van der Waals surface area contributed by atoms with Gasteiger partial charge in [-0.25, -0.2) is 0 Å². The van der Waals surface area contributed by atoms with Crippen LogP contribution in [0.3, 0.4) is 0 Å². The second-order valence-corrected chi connectivity index (χ2v) is 6.24. The predicted octanol–water partition coefficient (Wildman–Crippen LogP) is 2.17. The zero-order valence-electron chi connectivity index (χ0n) is 13.6. The molecule has 2 aromatic rings. The molecule has 6 nitrogen and oxygen atoms in total. The fourth-order valence-electron chi connectivity index (χ4n) is 3.28. The van der Waals surface area contributed by atoms with E-state index in [1.54, 1.807) is 15.7 Å². The Hall–Kier alpha value is -2.63. The smallest absolute Gasteiger partial charge is 0.306 e. The Balaban J connectivity index is 1.77. The summed E-state index contributed by atoms with van der Waals surface area (Å²) in [5, 5.41) is 9.88.